The Morgan fingerprint density at radius 1 is 1.13 bits per heavy atom. The molecule has 0 saturated heterocycles. The lowest BCUT2D eigenvalue weighted by Crippen LogP contribution is -2.16. The minimum Gasteiger partial charge on any atom is -0.324 e. The first-order chi connectivity index (χ1) is 14.0. The number of nitrogens with zero attached hydrogens (tertiary/aromatic N) is 3. The van der Waals surface area contributed by atoms with Crippen LogP contribution in [0.15, 0.2) is 53.8 Å². The number of amides is 1. The number of nitrogens with one attached hydrogen (secondary N) is 2. The van der Waals surface area contributed by atoms with Gasteiger partial charge in [0, 0.05) is 13.1 Å². The topological polar surface area (TPSA) is 106 Å². The molecule has 0 unspecified atom stereocenters. The molecule has 0 aliphatic heterocycles. The van der Waals surface area contributed by atoms with Crippen molar-refractivity contribution in [3.63, 3.8) is 0 Å². The van der Waals surface area contributed by atoms with E-state index in [1.54, 1.807) is 24.3 Å². The fourth-order valence-corrected chi connectivity index (χ4v) is 3.94. The fourth-order valence-electron chi connectivity index (χ4n) is 2.73. The zero-order valence-electron chi connectivity index (χ0n) is 17.0. The number of benzene rings is 1. The van der Waals surface area contributed by atoms with Gasteiger partial charge in [-0.3, -0.25) is 9.52 Å². The van der Waals surface area contributed by atoms with Gasteiger partial charge in [-0.1, -0.05) is 44.5 Å². The third kappa shape index (κ3) is 4.98. The van der Waals surface area contributed by atoms with Gasteiger partial charge in [-0.2, -0.15) is 5.10 Å². The van der Waals surface area contributed by atoms with Gasteiger partial charge in [-0.25, -0.2) is 18.1 Å². The lowest BCUT2D eigenvalue weighted by atomic mass is 9.87. The largest absolute Gasteiger partial charge is 0.324 e. The molecule has 0 bridgehead atoms. The standard InChI is InChI=1S/C20H22ClN5O3S/c1-13(27)24-16-11-23-26(12-16)19-18(9-15(21)10-22-19)25-30(28,29)17-7-5-14(6-8-17)20(2,3)4/h5-12,25H,1-4H3,(H,24,27). The fraction of sp³-hybridized carbons (Fsp3) is 0.250. The molecule has 0 radical (unpaired) electrons. The summed E-state index contributed by atoms with van der Waals surface area (Å²) in [4.78, 5) is 15.5. The minimum absolute atomic E-state index is 0.0918. The Labute approximate surface area is 180 Å². The van der Waals surface area contributed by atoms with Crippen LogP contribution < -0.4 is 10.0 Å². The molecule has 2 aromatic heterocycles. The Morgan fingerprint density at radius 3 is 2.40 bits per heavy atom. The van der Waals surface area contributed by atoms with Crippen molar-refractivity contribution in [3.8, 4) is 5.82 Å². The summed E-state index contributed by atoms with van der Waals surface area (Å²) < 4.78 is 29.8. The molecule has 0 saturated carbocycles. The predicted molar refractivity (Wildman–Crippen MR) is 117 cm³/mol. The molecule has 8 nitrogen and oxygen atoms in total. The van der Waals surface area contributed by atoms with E-state index >= 15 is 0 Å². The molecule has 10 heteroatoms. The lowest BCUT2D eigenvalue weighted by molar-refractivity contribution is -0.114. The molecular formula is C20H22ClN5O3S. The minimum atomic E-state index is -3.89. The Bertz CT molecular complexity index is 1180. The van der Waals surface area contributed by atoms with Crippen LogP contribution in [0.2, 0.25) is 5.02 Å². The highest BCUT2D eigenvalue weighted by molar-refractivity contribution is 7.92. The second kappa shape index (κ2) is 8.08. The van der Waals surface area contributed by atoms with E-state index < -0.39 is 10.0 Å². The van der Waals surface area contributed by atoms with Crippen molar-refractivity contribution >= 4 is 38.9 Å². The van der Waals surface area contributed by atoms with Crippen LogP contribution in [-0.2, 0) is 20.2 Å². The third-order valence-corrected chi connectivity index (χ3v) is 5.82. The van der Waals surface area contributed by atoms with E-state index in [1.807, 2.05) is 0 Å². The van der Waals surface area contributed by atoms with Crippen LogP contribution in [0.3, 0.4) is 0 Å². The molecule has 0 aliphatic carbocycles. The number of anilines is 2. The SMILES string of the molecule is CC(=O)Nc1cnn(-c2ncc(Cl)cc2NS(=O)(=O)c2ccc(C(C)(C)C)cc2)c1. The van der Waals surface area contributed by atoms with E-state index in [2.05, 4.69) is 40.9 Å². The molecule has 0 aliphatic rings. The van der Waals surface area contributed by atoms with E-state index in [4.69, 9.17) is 11.6 Å². The highest BCUT2D eigenvalue weighted by atomic mass is 35.5. The van der Waals surface area contributed by atoms with Gasteiger partial charge in [0.1, 0.15) is 0 Å². The zero-order chi connectivity index (χ0) is 22.1. The number of pyridine rings is 1. The first kappa shape index (κ1) is 21.8. The number of aromatic nitrogens is 3. The summed E-state index contributed by atoms with van der Waals surface area (Å²) in [5.74, 6) is -0.0378. The molecule has 2 heterocycles. The lowest BCUT2D eigenvalue weighted by Gasteiger charge is -2.19. The first-order valence-electron chi connectivity index (χ1n) is 9.07. The zero-order valence-corrected chi connectivity index (χ0v) is 18.5. The summed E-state index contributed by atoms with van der Waals surface area (Å²) in [7, 11) is -3.89. The molecule has 30 heavy (non-hydrogen) atoms. The van der Waals surface area contributed by atoms with E-state index in [0.29, 0.717) is 5.69 Å². The number of hydrogen-bond donors (Lipinski definition) is 2. The highest BCUT2D eigenvalue weighted by Crippen LogP contribution is 2.27. The Balaban J connectivity index is 1.95. The van der Waals surface area contributed by atoms with Crippen LogP contribution in [0.25, 0.3) is 5.82 Å². The molecule has 3 rings (SSSR count). The normalized spacial score (nSPS) is 11.9. The monoisotopic (exact) mass is 447 g/mol. The Hall–Kier alpha value is -2.91. The maximum atomic E-state index is 12.9. The van der Waals surface area contributed by atoms with Crippen molar-refractivity contribution in [1.29, 1.82) is 0 Å². The quantitative estimate of drug-likeness (QED) is 0.615. The average molecular weight is 448 g/mol. The Morgan fingerprint density at radius 2 is 1.80 bits per heavy atom. The number of rotatable bonds is 5. The summed E-state index contributed by atoms with van der Waals surface area (Å²) in [6, 6.07) is 8.15. The van der Waals surface area contributed by atoms with Crippen LogP contribution >= 0.6 is 11.6 Å². The number of halogens is 1. The van der Waals surface area contributed by atoms with Crippen molar-refractivity contribution in [2.24, 2.45) is 0 Å². The van der Waals surface area contributed by atoms with Gasteiger partial charge in [-0.15, -0.1) is 0 Å². The molecule has 0 spiro atoms. The van der Waals surface area contributed by atoms with Crippen molar-refractivity contribution in [2.45, 2.75) is 38.0 Å². The van der Waals surface area contributed by atoms with Crippen molar-refractivity contribution in [2.75, 3.05) is 10.0 Å². The van der Waals surface area contributed by atoms with Gasteiger partial charge >= 0.3 is 0 Å². The molecule has 158 valence electrons. The third-order valence-electron chi connectivity index (χ3n) is 4.23. The van der Waals surface area contributed by atoms with Gasteiger partial charge in [0.05, 0.1) is 33.7 Å². The molecule has 1 aromatic carbocycles. The maximum Gasteiger partial charge on any atom is 0.262 e. The Kier molecular flexibility index (Phi) is 5.87. The molecule has 3 aromatic rings. The van der Waals surface area contributed by atoms with Crippen molar-refractivity contribution < 1.29 is 13.2 Å². The highest BCUT2D eigenvalue weighted by Gasteiger charge is 2.20. The summed E-state index contributed by atoms with van der Waals surface area (Å²) >= 11 is 6.04. The van der Waals surface area contributed by atoms with E-state index in [0.717, 1.165) is 5.56 Å². The van der Waals surface area contributed by atoms with Crippen LogP contribution in [0, 0.1) is 0 Å². The maximum absolute atomic E-state index is 12.9. The van der Waals surface area contributed by atoms with Gasteiger partial charge in [-0.05, 0) is 29.2 Å². The van der Waals surface area contributed by atoms with Gasteiger partial charge in [0.25, 0.3) is 10.0 Å². The predicted octanol–water partition coefficient (Wildman–Crippen LogP) is 3.98. The van der Waals surface area contributed by atoms with E-state index in [9.17, 15) is 13.2 Å². The summed E-state index contributed by atoms with van der Waals surface area (Å²) in [5.41, 5.74) is 1.53. The van der Waals surface area contributed by atoms with Gasteiger partial charge in [0.15, 0.2) is 5.82 Å². The van der Waals surface area contributed by atoms with E-state index in [1.165, 1.54) is 36.3 Å². The van der Waals surface area contributed by atoms with Crippen LogP contribution in [0.1, 0.15) is 33.3 Å². The summed E-state index contributed by atoms with van der Waals surface area (Å²) in [6.45, 7) is 7.54. The molecule has 0 fully saturated rings. The van der Waals surface area contributed by atoms with Gasteiger partial charge < -0.3 is 5.32 Å². The smallest absolute Gasteiger partial charge is 0.262 e. The molecule has 1 amide bonds. The first-order valence-corrected chi connectivity index (χ1v) is 10.9. The molecular weight excluding hydrogens is 426 g/mol. The number of hydrogen-bond acceptors (Lipinski definition) is 5. The second-order valence-electron chi connectivity index (χ2n) is 7.76. The van der Waals surface area contributed by atoms with Crippen LogP contribution in [0.4, 0.5) is 11.4 Å². The molecule has 0 atom stereocenters. The molecule has 2 N–H and O–H groups in total. The number of carbonyl (C=O) groups is 1. The summed E-state index contributed by atoms with van der Waals surface area (Å²) in [5, 5.41) is 6.99. The van der Waals surface area contributed by atoms with Crippen LogP contribution in [-0.4, -0.2) is 29.1 Å². The second-order valence-corrected chi connectivity index (χ2v) is 9.88. The van der Waals surface area contributed by atoms with Crippen molar-refractivity contribution in [3.05, 3.63) is 59.5 Å². The summed E-state index contributed by atoms with van der Waals surface area (Å²) in [6.07, 6.45) is 4.33. The number of sulfonamides is 1. The number of carbonyl (C=O) groups excluding carboxylic acids is 1. The van der Waals surface area contributed by atoms with Gasteiger partial charge in [0.2, 0.25) is 5.91 Å². The van der Waals surface area contributed by atoms with E-state index in [-0.39, 0.29) is 32.7 Å². The van der Waals surface area contributed by atoms with Crippen molar-refractivity contribution in [1.82, 2.24) is 14.8 Å². The average Bonchev–Trinajstić information content (AvgIpc) is 3.08. The van der Waals surface area contributed by atoms with Crippen LogP contribution in [0.5, 0.6) is 0 Å².